The number of rotatable bonds is 4. The van der Waals surface area contributed by atoms with Crippen molar-refractivity contribution in [2.24, 2.45) is 5.41 Å². The lowest BCUT2D eigenvalue weighted by Crippen LogP contribution is -2.46. The third kappa shape index (κ3) is 3.52. The van der Waals surface area contributed by atoms with Crippen LogP contribution in [0.5, 0.6) is 0 Å². The number of nitrogen functional groups attached to an aromatic ring is 1. The van der Waals surface area contributed by atoms with Gasteiger partial charge in [0.05, 0.1) is 10.9 Å². The minimum Gasteiger partial charge on any atom is -0.383 e. The number of amides is 2. The number of anilines is 2. The minimum absolute atomic E-state index is 0.0250. The van der Waals surface area contributed by atoms with Crippen LogP contribution < -0.4 is 11.1 Å². The van der Waals surface area contributed by atoms with Crippen LogP contribution >= 0.6 is 15.9 Å². The summed E-state index contributed by atoms with van der Waals surface area (Å²) < 4.78 is 16.8. The molecule has 1 aromatic carbocycles. The number of pyridine rings is 1. The lowest BCUT2D eigenvalue weighted by Gasteiger charge is -2.27. The average Bonchev–Trinajstić information content (AvgIpc) is 3.25. The maximum absolute atomic E-state index is 14.6. The fourth-order valence-corrected chi connectivity index (χ4v) is 5.83. The number of nitrogens with zero attached hydrogens (tertiary/aromatic N) is 5. The molecule has 6 rings (SSSR count). The smallest absolute Gasteiger partial charge is 0.248 e. The molecule has 1 saturated heterocycles. The van der Waals surface area contributed by atoms with Crippen molar-refractivity contribution in [3.63, 3.8) is 0 Å². The molecule has 1 aliphatic heterocycles. The Hall–Kier alpha value is -3.60. The molecule has 4 heterocycles. The molecule has 0 unspecified atom stereocenters. The summed E-state index contributed by atoms with van der Waals surface area (Å²) >= 11 is 3.31. The van der Waals surface area contributed by atoms with Crippen molar-refractivity contribution >= 4 is 61.3 Å². The number of aromatic nitrogens is 4. The minimum atomic E-state index is -0.631. The van der Waals surface area contributed by atoms with Gasteiger partial charge in [0.25, 0.3) is 0 Å². The largest absolute Gasteiger partial charge is 0.383 e. The van der Waals surface area contributed by atoms with Crippen LogP contribution in [0.4, 0.5) is 16.0 Å². The summed E-state index contributed by atoms with van der Waals surface area (Å²) in [5, 5.41) is 4.10. The number of nitrogens with two attached hydrogens (primary N) is 1. The molecule has 2 fully saturated rings. The number of benzene rings is 1. The molecule has 3 aromatic heterocycles. The van der Waals surface area contributed by atoms with Crippen molar-refractivity contribution in [2.75, 3.05) is 11.1 Å². The van der Waals surface area contributed by atoms with Gasteiger partial charge in [0.15, 0.2) is 0 Å². The van der Waals surface area contributed by atoms with E-state index >= 15 is 0 Å². The fraction of sp³-hybridized carbons (Fsp3) is 0.320. The Balaban J connectivity index is 1.36. The van der Waals surface area contributed by atoms with Gasteiger partial charge in [0, 0.05) is 11.4 Å². The van der Waals surface area contributed by atoms with E-state index < -0.39 is 6.04 Å². The molecule has 1 aliphatic carbocycles. The summed E-state index contributed by atoms with van der Waals surface area (Å²) in [5.41, 5.74) is 7.47. The highest BCUT2D eigenvalue weighted by atomic mass is 79.9. The highest BCUT2D eigenvalue weighted by Crippen LogP contribution is 2.59. The van der Waals surface area contributed by atoms with Crippen molar-refractivity contribution in [1.29, 1.82) is 0 Å². The number of carbonyl (C=O) groups excluding carboxylic acids is 2. The molecule has 9 nitrogen and oxygen atoms in total. The van der Waals surface area contributed by atoms with E-state index in [-0.39, 0.29) is 41.5 Å². The summed E-state index contributed by atoms with van der Waals surface area (Å²) in [6.45, 7) is 3.66. The van der Waals surface area contributed by atoms with Crippen LogP contribution in [0.25, 0.3) is 21.9 Å². The first-order valence-electron chi connectivity index (χ1n) is 11.6. The molecule has 36 heavy (non-hydrogen) atoms. The Morgan fingerprint density at radius 3 is 2.86 bits per heavy atom. The Kier molecular flexibility index (Phi) is 5.05. The van der Waals surface area contributed by atoms with Crippen molar-refractivity contribution in [3.8, 4) is 0 Å². The maximum Gasteiger partial charge on any atom is 0.248 e. The van der Waals surface area contributed by atoms with E-state index in [4.69, 9.17) is 5.73 Å². The SMILES string of the molecule is Cc1cc2c3c(N)ncnc3n(CC(=O)N3[C@H](C(=O)Nc4cccc(Br)n4)C[C@@]4(C)C[C@@H]34)c2cc1F. The molecule has 2 aliphatic rings. The first kappa shape index (κ1) is 22.8. The van der Waals surface area contributed by atoms with Crippen molar-refractivity contribution in [1.82, 2.24) is 24.4 Å². The van der Waals surface area contributed by atoms with E-state index in [0.717, 1.165) is 6.42 Å². The van der Waals surface area contributed by atoms with E-state index in [1.165, 1.54) is 12.4 Å². The van der Waals surface area contributed by atoms with Gasteiger partial charge in [0.2, 0.25) is 11.8 Å². The molecule has 4 aromatic rings. The molecular weight excluding hydrogens is 529 g/mol. The molecule has 0 bridgehead atoms. The zero-order chi connectivity index (χ0) is 25.4. The molecule has 0 radical (unpaired) electrons. The lowest BCUT2D eigenvalue weighted by molar-refractivity contribution is -0.138. The number of carbonyl (C=O) groups is 2. The van der Waals surface area contributed by atoms with E-state index in [1.807, 2.05) is 0 Å². The molecular formula is C25H23BrFN7O2. The first-order chi connectivity index (χ1) is 17.2. The highest BCUT2D eigenvalue weighted by Gasteiger charge is 2.64. The fourth-order valence-electron chi connectivity index (χ4n) is 5.49. The van der Waals surface area contributed by atoms with Crippen LogP contribution in [-0.2, 0) is 16.1 Å². The predicted octanol–water partition coefficient (Wildman–Crippen LogP) is 3.79. The lowest BCUT2D eigenvalue weighted by atomic mass is 10.0. The van der Waals surface area contributed by atoms with Crippen molar-refractivity contribution in [2.45, 2.75) is 45.3 Å². The van der Waals surface area contributed by atoms with E-state index in [2.05, 4.69) is 43.1 Å². The third-order valence-corrected chi connectivity index (χ3v) is 7.88. The van der Waals surface area contributed by atoms with Gasteiger partial charge < -0.3 is 20.5 Å². The van der Waals surface area contributed by atoms with Crippen LogP contribution in [0.3, 0.4) is 0 Å². The van der Waals surface area contributed by atoms with Crippen LogP contribution in [0, 0.1) is 18.2 Å². The number of piperidine rings is 1. The van der Waals surface area contributed by atoms with Crippen LogP contribution in [-0.4, -0.2) is 48.3 Å². The number of aryl methyl sites for hydroxylation is 1. The quantitative estimate of drug-likeness (QED) is 0.372. The molecule has 184 valence electrons. The zero-order valence-corrected chi connectivity index (χ0v) is 21.2. The molecule has 3 N–H and O–H groups in total. The predicted molar refractivity (Wildman–Crippen MR) is 136 cm³/mol. The molecule has 11 heteroatoms. The topological polar surface area (TPSA) is 119 Å². The Bertz CT molecular complexity index is 1590. The number of fused-ring (bicyclic) bond motifs is 4. The maximum atomic E-state index is 14.6. The number of hydrogen-bond acceptors (Lipinski definition) is 6. The van der Waals surface area contributed by atoms with E-state index in [1.54, 1.807) is 40.7 Å². The van der Waals surface area contributed by atoms with E-state index in [0.29, 0.717) is 44.3 Å². The first-order valence-corrected chi connectivity index (χ1v) is 12.4. The van der Waals surface area contributed by atoms with Gasteiger partial charge in [-0.25, -0.2) is 19.3 Å². The molecule has 0 spiro atoms. The average molecular weight is 552 g/mol. The Morgan fingerprint density at radius 1 is 1.28 bits per heavy atom. The highest BCUT2D eigenvalue weighted by molar-refractivity contribution is 9.10. The van der Waals surface area contributed by atoms with E-state index in [9.17, 15) is 14.0 Å². The van der Waals surface area contributed by atoms with Crippen LogP contribution in [0.1, 0.15) is 25.3 Å². The van der Waals surface area contributed by atoms with Crippen molar-refractivity contribution < 1.29 is 14.0 Å². The number of likely N-dealkylation sites (tertiary alicyclic amines) is 1. The summed E-state index contributed by atoms with van der Waals surface area (Å²) in [7, 11) is 0. The van der Waals surface area contributed by atoms with Gasteiger partial charge in [-0.2, -0.15) is 0 Å². The second-order valence-corrected chi connectivity index (χ2v) is 10.7. The van der Waals surface area contributed by atoms with Gasteiger partial charge in [-0.15, -0.1) is 0 Å². The molecule has 2 amide bonds. The summed E-state index contributed by atoms with van der Waals surface area (Å²) in [6, 6.07) is 7.68. The number of nitrogens with one attached hydrogen (secondary N) is 1. The number of hydrogen-bond donors (Lipinski definition) is 2. The third-order valence-electron chi connectivity index (χ3n) is 7.43. The normalized spacial score (nSPS) is 22.7. The Labute approximate surface area is 214 Å². The van der Waals surface area contributed by atoms with Crippen molar-refractivity contribution in [3.05, 3.63) is 52.6 Å². The number of halogens is 2. The summed E-state index contributed by atoms with van der Waals surface area (Å²) in [6.07, 6.45) is 2.74. The zero-order valence-electron chi connectivity index (χ0n) is 19.6. The van der Waals surface area contributed by atoms with Gasteiger partial charge in [-0.3, -0.25) is 9.59 Å². The van der Waals surface area contributed by atoms with Crippen LogP contribution in [0.15, 0.2) is 41.3 Å². The van der Waals surface area contributed by atoms with Gasteiger partial charge >= 0.3 is 0 Å². The second-order valence-electron chi connectivity index (χ2n) is 9.89. The van der Waals surface area contributed by atoms with Gasteiger partial charge in [-0.1, -0.05) is 13.0 Å². The van der Waals surface area contributed by atoms with Gasteiger partial charge in [0.1, 0.15) is 46.6 Å². The Morgan fingerprint density at radius 2 is 2.08 bits per heavy atom. The monoisotopic (exact) mass is 551 g/mol. The summed E-state index contributed by atoms with van der Waals surface area (Å²) in [5.74, 6) is -0.233. The molecule has 3 atom stereocenters. The molecule has 1 saturated carbocycles. The summed E-state index contributed by atoms with van der Waals surface area (Å²) in [4.78, 5) is 41.4. The second kappa shape index (κ2) is 7.95. The van der Waals surface area contributed by atoms with Gasteiger partial charge in [-0.05, 0) is 70.9 Å². The standard InChI is InChI=1S/C25H23BrFN7O2/c1-12-6-13-15(7-14(12)27)33(23-21(13)22(28)29-11-30-23)10-20(35)34-16(8-25(2)9-17(25)34)24(36)32-19-5-3-4-18(26)31-19/h3-7,11,16-17H,8-10H2,1-2H3,(H2,28,29,30)(H,31,32,36)/t16-,17+,25-/m0/s1. The van der Waals surface area contributed by atoms with Crippen LogP contribution in [0.2, 0.25) is 0 Å².